The minimum Gasteiger partial charge on any atom is -0.365 e. The molecule has 6 heteroatoms. The highest BCUT2D eigenvalue weighted by Gasteiger charge is 2.49. The van der Waals surface area contributed by atoms with Crippen molar-refractivity contribution in [1.29, 1.82) is 0 Å². The fourth-order valence-electron chi connectivity index (χ4n) is 1.72. The summed E-state index contributed by atoms with van der Waals surface area (Å²) in [5, 5.41) is 0. The molecule has 15 heavy (non-hydrogen) atoms. The number of ether oxygens (including phenoxy) is 1. The summed E-state index contributed by atoms with van der Waals surface area (Å²) in [6.45, 7) is 0.259. The fraction of sp³-hybridized carbons (Fsp3) is 0.556. The maximum Gasteiger partial charge on any atom is 0.317 e. The highest BCUT2D eigenvalue weighted by atomic mass is 16.5. The third-order valence-electron chi connectivity index (χ3n) is 2.38. The average molecular weight is 211 g/mol. The van der Waals surface area contributed by atoms with Crippen LogP contribution in [0.1, 0.15) is 12.8 Å². The van der Waals surface area contributed by atoms with E-state index in [2.05, 4.69) is 5.92 Å². The van der Waals surface area contributed by atoms with Gasteiger partial charge in [-0.3, -0.25) is 9.69 Å². The van der Waals surface area contributed by atoms with Crippen LogP contribution in [0.15, 0.2) is 0 Å². The van der Waals surface area contributed by atoms with E-state index in [1.165, 1.54) is 0 Å². The quantitative estimate of drug-likeness (QED) is 0.585. The number of nitrogens with zero attached hydrogens (tertiary/aromatic N) is 1. The van der Waals surface area contributed by atoms with E-state index in [0.29, 0.717) is 19.4 Å². The van der Waals surface area contributed by atoms with E-state index in [9.17, 15) is 9.59 Å². The molecule has 0 bridgehead atoms. The van der Waals surface area contributed by atoms with Crippen molar-refractivity contribution in [3.8, 4) is 12.3 Å². The molecule has 1 fully saturated rings. The minimum atomic E-state index is -1.46. The summed E-state index contributed by atoms with van der Waals surface area (Å²) < 4.78 is 5.19. The summed E-state index contributed by atoms with van der Waals surface area (Å²) in [7, 11) is 0. The first-order valence-corrected chi connectivity index (χ1v) is 4.49. The summed E-state index contributed by atoms with van der Waals surface area (Å²) in [4.78, 5) is 23.5. The summed E-state index contributed by atoms with van der Waals surface area (Å²) in [5.74, 6) is 1.48. The Balaban J connectivity index is 2.94. The Morgan fingerprint density at radius 3 is 2.67 bits per heavy atom. The molecule has 1 atom stereocenters. The molecule has 82 valence electrons. The molecule has 4 N–H and O–H groups in total. The lowest BCUT2D eigenvalue weighted by atomic mass is 10.1. The lowest BCUT2D eigenvalue weighted by molar-refractivity contribution is -0.158. The second-order valence-corrected chi connectivity index (χ2v) is 3.23. The molecule has 3 amide bonds. The molecule has 0 spiro atoms. The van der Waals surface area contributed by atoms with E-state index in [4.69, 9.17) is 22.6 Å². The summed E-state index contributed by atoms with van der Waals surface area (Å²) in [6, 6.07) is -0.733. The average Bonchev–Trinajstić information content (AvgIpc) is 2.59. The SMILES string of the molecule is C#CCOC1(C(N)=O)CCCN1C(N)=O. The number of hydrogen-bond acceptors (Lipinski definition) is 3. The number of terminal acetylenes is 1. The van der Waals surface area contributed by atoms with Gasteiger partial charge in [0, 0.05) is 13.0 Å². The van der Waals surface area contributed by atoms with E-state index in [0.717, 1.165) is 4.90 Å². The second-order valence-electron chi connectivity index (χ2n) is 3.23. The van der Waals surface area contributed by atoms with Gasteiger partial charge in [0.1, 0.15) is 6.61 Å². The van der Waals surface area contributed by atoms with E-state index in [1.807, 2.05) is 0 Å². The zero-order valence-electron chi connectivity index (χ0n) is 8.23. The highest BCUT2D eigenvalue weighted by Crippen LogP contribution is 2.29. The van der Waals surface area contributed by atoms with Gasteiger partial charge in [0.05, 0.1) is 0 Å². The molecule has 0 aromatic heterocycles. The van der Waals surface area contributed by atoms with Gasteiger partial charge in [0.15, 0.2) is 0 Å². The molecule has 1 rings (SSSR count). The first-order chi connectivity index (χ1) is 7.04. The van der Waals surface area contributed by atoms with Gasteiger partial charge >= 0.3 is 6.03 Å². The number of rotatable bonds is 3. The molecular weight excluding hydrogens is 198 g/mol. The Labute approximate surface area is 87.5 Å². The van der Waals surface area contributed by atoms with Crippen molar-refractivity contribution in [3.63, 3.8) is 0 Å². The van der Waals surface area contributed by atoms with Crippen LogP contribution in [-0.4, -0.2) is 35.7 Å². The van der Waals surface area contributed by atoms with Crippen molar-refractivity contribution in [2.24, 2.45) is 11.5 Å². The Bertz CT molecular complexity index is 323. The molecule has 1 saturated heterocycles. The third kappa shape index (κ3) is 1.87. The van der Waals surface area contributed by atoms with Crippen LogP contribution in [0.2, 0.25) is 0 Å². The standard InChI is InChI=1S/C9H13N3O3/c1-2-6-15-9(7(10)13)4-3-5-12(9)8(11)14/h1H,3-6H2,(H2,10,13)(H2,11,14). The maximum atomic E-state index is 11.3. The van der Waals surface area contributed by atoms with Gasteiger partial charge in [-0.25, -0.2) is 4.79 Å². The Morgan fingerprint density at radius 1 is 1.53 bits per heavy atom. The Kier molecular flexibility index (Phi) is 3.17. The molecule has 6 nitrogen and oxygen atoms in total. The van der Waals surface area contributed by atoms with Crippen LogP contribution in [0.4, 0.5) is 4.79 Å². The summed E-state index contributed by atoms with van der Waals surface area (Å²) >= 11 is 0. The topological polar surface area (TPSA) is 98.7 Å². The number of nitrogens with two attached hydrogens (primary N) is 2. The summed E-state index contributed by atoms with van der Waals surface area (Å²) in [5.41, 5.74) is 8.89. The molecule has 1 unspecified atom stereocenters. The van der Waals surface area contributed by atoms with Gasteiger partial charge in [-0.2, -0.15) is 0 Å². The van der Waals surface area contributed by atoms with E-state index in [1.54, 1.807) is 0 Å². The van der Waals surface area contributed by atoms with E-state index >= 15 is 0 Å². The van der Waals surface area contributed by atoms with Crippen LogP contribution < -0.4 is 11.5 Å². The van der Waals surface area contributed by atoms with Crippen molar-refractivity contribution >= 4 is 11.9 Å². The number of primary amides is 2. The van der Waals surface area contributed by atoms with Crippen molar-refractivity contribution < 1.29 is 14.3 Å². The van der Waals surface area contributed by atoms with Crippen molar-refractivity contribution in [2.75, 3.05) is 13.2 Å². The maximum absolute atomic E-state index is 11.3. The van der Waals surface area contributed by atoms with Crippen molar-refractivity contribution in [2.45, 2.75) is 18.6 Å². The van der Waals surface area contributed by atoms with Crippen LogP contribution in [0.5, 0.6) is 0 Å². The largest absolute Gasteiger partial charge is 0.365 e. The van der Waals surface area contributed by atoms with Gasteiger partial charge in [0.25, 0.3) is 5.91 Å². The fourth-order valence-corrected chi connectivity index (χ4v) is 1.72. The second kappa shape index (κ2) is 4.19. The molecular formula is C9H13N3O3. The van der Waals surface area contributed by atoms with Crippen LogP contribution in [-0.2, 0) is 9.53 Å². The van der Waals surface area contributed by atoms with E-state index < -0.39 is 17.7 Å². The van der Waals surface area contributed by atoms with Gasteiger partial charge < -0.3 is 16.2 Å². The number of hydrogen-bond donors (Lipinski definition) is 2. The smallest absolute Gasteiger partial charge is 0.317 e. The molecule has 0 aromatic carbocycles. The van der Waals surface area contributed by atoms with Crippen molar-refractivity contribution in [1.82, 2.24) is 4.90 Å². The molecule has 1 aliphatic rings. The predicted molar refractivity (Wildman–Crippen MR) is 52.2 cm³/mol. The van der Waals surface area contributed by atoms with E-state index in [-0.39, 0.29) is 6.61 Å². The van der Waals surface area contributed by atoms with Gasteiger partial charge in [-0.05, 0) is 6.42 Å². The number of urea groups is 1. The van der Waals surface area contributed by atoms with Crippen LogP contribution in [0.3, 0.4) is 0 Å². The Hall–Kier alpha value is -1.74. The van der Waals surface area contributed by atoms with Crippen LogP contribution >= 0.6 is 0 Å². The normalized spacial score (nSPS) is 24.9. The van der Waals surface area contributed by atoms with Gasteiger partial charge in [0.2, 0.25) is 5.72 Å². The molecule has 0 aromatic rings. The van der Waals surface area contributed by atoms with Crippen LogP contribution in [0.25, 0.3) is 0 Å². The third-order valence-corrected chi connectivity index (χ3v) is 2.38. The van der Waals surface area contributed by atoms with Gasteiger partial charge in [-0.15, -0.1) is 6.42 Å². The summed E-state index contributed by atoms with van der Waals surface area (Å²) in [6.07, 6.45) is 5.96. The number of likely N-dealkylation sites (tertiary alicyclic amines) is 1. The number of carbonyl (C=O) groups is 2. The predicted octanol–water partition coefficient (Wildman–Crippen LogP) is -1.01. The van der Waals surface area contributed by atoms with Gasteiger partial charge in [-0.1, -0.05) is 5.92 Å². The lowest BCUT2D eigenvalue weighted by Gasteiger charge is -2.33. The lowest BCUT2D eigenvalue weighted by Crippen LogP contribution is -2.59. The molecule has 0 saturated carbocycles. The monoisotopic (exact) mass is 211 g/mol. The molecule has 1 aliphatic heterocycles. The first kappa shape index (κ1) is 11.3. The molecule has 1 heterocycles. The molecule has 0 aliphatic carbocycles. The highest BCUT2D eigenvalue weighted by molar-refractivity contribution is 5.88. The van der Waals surface area contributed by atoms with Crippen molar-refractivity contribution in [3.05, 3.63) is 0 Å². The first-order valence-electron chi connectivity index (χ1n) is 4.49. The zero-order chi connectivity index (χ0) is 11.5. The zero-order valence-corrected chi connectivity index (χ0v) is 8.23. The van der Waals surface area contributed by atoms with Crippen LogP contribution in [0, 0.1) is 12.3 Å². The Morgan fingerprint density at radius 2 is 2.20 bits per heavy atom. The minimum absolute atomic E-state index is 0.0906. The molecule has 0 radical (unpaired) electrons. The number of amides is 3. The number of carbonyl (C=O) groups excluding carboxylic acids is 2.